The van der Waals surface area contributed by atoms with Gasteiger partial charge < -0.3 is 4.90 Å². The zero-order chi connectivity index (χ0) is 14.9. The summed E-state index contributed by atoms with van der Waals surface area (Å²) in [6.07, 6.45) is 0. The fraction of sp³-hybridized carbons (Fsp3) is 0.500. The van der Waals surface area contributed by atoms with Crippen molar-refractivity contribution in [2.45, 2.75) is 40.0 Å². The van der Waals surface area contributed by atoms with E-state index in [-0.39, 0.29) is 11.0 Å². The van der Waals surface area contributed by atoms with Crippen LogP contribution in [0.4, 0.5) is 5.95 Å². The second kappa shape index (κ2) is 5.27. The third-order valence-electron chi connectivity index (χ3n) is 3.62. The van der Waals surface area contributed by atoms with Gasteiger partial charge in [0, 0.05) is 13.1 Å². The Bertz CT molecular complexity index is 663. The fourth-order valence-corrected chi connectivity index (χ4v) is 2.27. The summed E-state index contributed by atoms with van der Waals surface area (Å²) in [5.74, 6) is 0.649. The van der Waals surface area contributed by atoms with Gasteiger partial charge in [-0.25, -0.2) is 4.98 Å². The molecule has 0 spiro atoms. The molecule has 0 fully saturated rings. The lowest BCUT2D eigenvalue weighted by atomic mass is 9.86. The van der Waals surface area contributed by atoms with Gasteiger partial charge in [-0.3, -0.25) is 9.78 Å². The Morgan fingerprint density at radius 2 is 1.85 bits per heavy atom. The number of H-pyrrole nitrogens is 1. The van der Waals surface area contributed by atoms with Gasteiger partial charge in [-0.2, -0.15) is 0 Å². The molecule has 4 nitrogen and oxygen atoms in total. The number of fused-ring (bicyclic) bond motifs is 1. The predicted molar refractivity (Wildman–Crippen MR) is 84.6 cm³/mol. The van der Waals surface area contributed by atoms with E-state index in [1.165, 1.54) is 0 Å². The third-order valence-corrected chi connectivity index (χ3v) is 3.62. The highest BCUT2D eigenvalue weighted by Crippen LogP contribution is 2.24. The summed E-state index contributed by atoms with van der Waals surface area (Å²) in [5.41, 5.74) is 1.86. The quantitative estimate of drug-likeness (QED) is 0.935. The minimum absolute atomic E-state index is 0.0260. The van der Waals surface area contributed by atoms with Crippen molar-refractivity contribution in [2.24, 2.45) is 0 Å². The number of anilines is 1. The number of hydrogen-bond acceptors (Lipinski definition) is 3. The molecule has 0 radical (unpaired) electrons. The highest BCUT2D eigenvalue weighted by Gasteiger charge is 2.16. The lowest BCUT2D eigenvalue weighted by Gasteiger charge is -2.21. The zero-order valence-corrected chi connectivity index (χ0v) is 12.9. The first-order valence-corrected chi connectivity index (χ1v) is 7.16. The molecule has 2 rings (SSSR count). The number of nitrogens with zero attached hydrogens (tertiary/aromatic N) is 2. The minimum Gasteiger partial charge on any atom is -0.343 e. The number of aromatic nitrogens is 2. The molecule has 1 aromatic carbocycles. The maximum absolute atomic E-state index is 12.3. The van der Waals surface area contributed by atoms with Gasteiger partial charge in [0.2, 0.25) is 5.95 Å². The van der Waals surface area contributed by atoms with Gasteiger partial charge in [-0.1, -0.05) is 26.8 Å². The molecule has 0 atom stereocenters. The maximum atomic E-state index is 12.3. The van der Waals surface area contributed by atoms with Gasteiger partial charge in [0.25, 0.3) is 5.56 Å². The topological polar surface area (TPSA) is 49.0 Å². The predicted octanol–water partition coefficient (Wildman–Crippen LogP) is 3.07. The Labute approximate surface area is 119 Å². The van der Waals surface area contributed by atoms with E-state index >= 15 is 0 Å². The minimum atomic E-state index is -0.0667. The van der Waals surface area contributed by atoms with Crippen molar-refractivity contribution in [3.63, 3.8) is 0 Å². The SMILES string of the molecule is CCN(CC)c1nc2ccc(C(C)(C)C)cc2c(=O)[nH]1. The molecule has 0 aliphatic carbocycles. The van der Waals surface area contributed by atoms with Crippen LogP contribution >= 0.6 is 0 Å². The third kappa shape index (κ3) is 2.69. The molecule has 0 aliphatic rings. The molecule has 2 aromatic rings. The van der Waals surface area contributed by atoms with E-state index in [1.54, 1.807) is 0 Å². The second-order valence-electron chi connectivity index (χ2n) is 6.04. The van der Waals surface area contributed by atoms with Gasteiger partial charge in [-0.05, 0) is 37.0 Å². The van der Waals surface area contributed by atoms with Crippen molar-refractivity contribution in [3.8, 4) is 0 Å². The first kappa shape index (κ1) is 14.6. The summed E-state index contributed by atoms with van der Waals surface area (Å²) in [7, 11) is 0. The smallest absolute Gasteiger partial charge is 0.260 e. The van der Waals surface area contributed by atoms with Crippen LogP contribution in [0.3, 0.4) is 0 Å². The number of aromatic amines is 1. The molecular formula is C16H23N3O. The van der Waals surface area contributed by atoms with E-state index < -0.39 is 0 Å². The average molecular weight is 273 g/mol. The molecule has 0 aliphatic heterocycles. The first-order chi connectivity index (χ1) is 9.36. The molecular weight excluding hydrogens is 250 g/mol. The van der Waals surface area contributed by atoms with Crippen molar-refractivity contribution in [3.05, 3.63) is 34.1 Å². The molecule has 0 saturated carbocycles. The zero-order valence-electron chi connectivity index (χ0n) is 12.9. The highest BCUT2D eigenvalue weighted by atomic mass is 16.1. The maximum Gasteiger partial charge on any atom is 0.260 e. The standard InChI is InChI=1S/C16H23N3O/c1-6-19(7-2)15-17-13-9-8-11(16(3,4)5)10-12(13)14(20)18-15/h8-10H,6-7H2,1-5H3,(H,17,18,20). The van der Waals surface area contributed by atoms with Gasteiger partial charge in [0.15, 0.2) is 0 Å². The summed E-state index contributed by atoms with van der Waals surface area (Å²) < 4.78 is 0. The number of hydrogen-bond donors (Lipinski definition) is 1. The summed E-state index contributed by atoms with van der Waals surface area (Å²) in [5, 5.41) is 0.660. The fourth-order valence-electron chi connectivity index (χ4n) is 2.27. The lowest BCUT2D eigenvalue weighted by Crippen LogP contribution is -2.27. The lowest BCUT2D eigenvalue weighted by molar-refractivity contribution is 0.591. The van der Waals surface area contributed by atoms with Crippen LogP contribution in [0.15, 0.2) is 23.0 Å². The van der Waals surface area contributed by atoms with Gasteiger partial charge in [-0.15, -0.1) is 0 Å². The monoisotopic (exact) mass is 273 g/mol. The van der Waals surface area contributed by atoms with Crippen LogP contribution in [-0.2, 0) is 5.41 Å². The summed E-state index contributed by atoms with van der Waals surface area (Å²) in [4.78, 5) is 21.8. The summed E-state index contributed by atoms with van der Waals surface area (Å²) in [6, 6.07) is 5.95. The van der Waals surface area contributed by atoms with Gasteiger partial charge in [0.05, 0.1) is 10.9 Å². The van der Waals surface area contributed by atoms with E-state index in [0.29, 0.717) is 11.3 Å². The molecule has 0 saturated heterocycles. The van der Waals surface area contributed by atoms with Gasteiger partial charge in [0.1, 0.15) is 0 Å². The van der Waals surface area contributed by atoms with Crippen LogP contribution in [0, 0.1) is 0 Å². The average Bonchev–Trinajstić information content (AvgIpc) is 2.38. The van der Waals surface area contributed by atoms with Crippen molar-refractivity contribution >= 4 is 16.9 Å². The van der Waals surface area contributed by atoms with E-state index in [1.807, 2.05) is 17.0 Å². The Hall–Kier alpha value is -1.84. The van der Waals surface area contributed by atoms with Gasteiger partial charge >= 0.3 is 0 Å². The molecule has 0 unspecified atom stereocenters. The molecule has 20 heavy (non-hydrogen) atoms. The van der Waals surface area contributed by atoms with Crippen LogP contribution in [0.1, 0.15) is 40.2 Å². The molecule has 4 heteroatoms. The Kier molecular flexibility index (Phi) is 3.84. The van der Waals surface area contributed by atoms with Crippen LogP contribution in [0.5, 0.6) is 0 Å². The van der Waals surface area contributed by atoms with E-state index in [2.05, 4.69) is 50.7 Å². The van der Waals surface area contributed by atoms with Crippen molar-refractivity contribution < 1.29 is 0 Å². The second-order valence-corrected chi connectivity index (χ2v) is 6.04. The van der Waals surface area contributed by atoms with Crippen molar-refractivity contribution in [1.82, 2.24) is 9.97 Å². The number of rotatable bonds is 3. The molecule has 1 aromatic heterocycles. The summed E-state index contributed by atoms with van der Waals surface area (Å²) in [6.45, 7) is 12.2. The summed E-state index contributed by atoms with van der Waals surface area (Å²) >= 11 is 0. The largest absolute Gasteiger partial charge is 0.343 e. The van der Waals surface area contributed by atoms with Crippen molar-refractivity contribution in [1.29, 1.82) is 0 Å². The van der Waals surface area contributed by atoms with Crippen LogP contribution < -0.4 is 10.5 Å². The Balaban J connectivity index is 2.61. The Morgan fingerprint density at radius 1 is 1.20 bits per heavy atom. The normalized spacial score (nSPS) is 11.8. The van der Waals surface area contributed by atoms with Crippen LogP contribution in [0.2, 0.25) is 0 Å². The Morgan fingerprint density at radius 3 is 2.40 bits per heavy atom. The van der Waals surface area contributed by atoms with Crippen LogP contribution in [-0.4, -0.2) is 23.1 Å². The van der Waals surface area contributed by atoms with Crippen molar-refractivity contribution in [2.75, 3.05) is 18.0 Å². The van der Waals surface area contributed by atoms with E-state index in [4.69, 9.17) is 0 Å². The molecule has 108 valence electrons. The highest BCUT2D eigenvalue weighted by molar-refractivity contribution is 5.79. The molecule has 0 bridgehead atoms. The molecule has 1 heterocycles. The molecule has 1 N–H and O–H groups in total. The first-order valence-electron chi connectivity index (χ1n) is 7.16. The van der Waals surface area contributed by atoms with E-state index in [9.17, 15) is 4.79 Å². The molecule has 0 amide bonds. The van der Waals surface area contributed by atoms with Crippen LogP contribution in [0.25, 0.3) is 10.9 Å². The van der Waals surface area contributed by atoms with E-state index in [0.717, 1.165) is 24.2 Å². The number of benzene rings is 1. The number of nitrogens with one attached hydrogen (secondary N) is 1.